The summed E-state index contributed by atoms with van der Waals surface area (Å²) in [5, 5.41) is 23.1. The van der Waals surface area contributed by atoms with Crippen molar-refractivity contribution < 1.29 is 29.2 Å². The molecule has 0 aliphatic heterocycles. The molecule has 8 atom stereocenters. The van der Waals surface area contributed by atoms with Crippen molar-refractivity contribution in [1.82, 2.24) is 0 Å². The molecule has 0 saturated heterocycles. The standard InChI is InChI=1S/C81H84O6/c1-55(61-27-15-9-16-28-61)67-47-75(57(3)63-31-19-11-20-32-63)79(76(48-67)58(4)64-33-21-12-22-34-64)86-53-71(82)51-84-73-43-39-69(40-44-73)81(7,8)70-41-45-74(46-42-70)85-52-72(83)54-87-80-77(59(5)65-35-23-13-24-36-65)49-68(56(2)62-29-17-10-18-30-62)50-78(80)60(6)66-37-25-14-26-38-66/h9-50,55-60,71-72,82-83H,51-54H2,1-8H3. The van der Waals surface area contributed by atoms with Crippen molar-refractivity contribution in [3.63, 3.8) is 0 Å². The molecule has 10 aromatic rings. The minimum atomic E-state index is -0.895. The minimum Gasteiger partial charge on any atom is -0.491 e. The molecule has 0 amide bonds. The van der Waals surface area contributed by atoms with Gasteiger partial charge in [-0.15, -0.1) is 0 Å². The SMILES string of the molecule is CC(c1ccccc1)c1cc(C(C)c2ccccc2)c(OCC(O)COc2ccc(C(C)(C)c3ccc(OCC(O)COc4c(C(C)c5ccccc5)cc(C(C)c5ccccc5)cc4C(C)c4ccccc4)cc3)cc2)c(C(C)c2ccccc2)c1. The van der Waals surface area contributed by atoms with Crippen molar-refractivity contribution in [2.75, 3.05) is 26.4 Å². The van der Waals surface area contributed by atoms with Crippen LogP contribution in [-0.4, -0.2) is 48.8 Å². The lowest BCUT2D eigenvalue weighted by molar-refractivity contribution is 0.0618. The maximum Gasteiger partial charge on any atom is 0.127 e. The highest BCUT2D eigenvalue weighted by Crippen LogP contribution is 2.45. The fourth-order valence-corrected chi connectivity index (χ4v) is 12.0. The summed E-state index contributed by atoms with van der Waals surface area (Å²) in [5.74, 6) is 3.33. The summed E-state index contributed by atoms with van der Waals surface area (Å²) in [5.41, 5.74) is 15.9. The first-order valence-electron chi connectivity index (χ1n) is 31.0. The maximum atomic E-state index is 11.6. The van der Waals surface area contributed by atoms with Crippen molar-refractivity contribution in [3.8, 4) is 23.0 Å². The fraction of sp³-hybridized carbons (Fsp3) is 0.259. The molecule has 87 heavy (non-hydrogen) atoms. The smallest absolute Gasteiger partial charge is 0.127 e. The van der Waals surface area contributed by atoms with E-state index in [0.29, 0.717) is 11.5 Å². The van der Waals surface area contributed by atoms with Gasteiger partial charge in [-0.3, -0.25) is 0 Å². The summed E-state index contributed by atoms with van der Waals surface area (Å²) in [7, 11) is 0. The lowest BCUT2D eigenvalue weighted by Gasteiger charge is -2.27. The molecule has 10 rings (SSSR count). The van der Waals surface area contributed by atoms with Gasteiger partial charge in [-0.05, 0) is 79.9 Å². The van der Waals surface area contributed by atoms with Gasteiger partial charge in [-0.2, -0.15) is 0 Å². The van der Waals surface area contributed by atoms with Gasteiger partial charge >= 0.3 is 0 Å². The number of aliphatic hydroxyl groups excluding tert-OH is 2. The average Bonchev–Trinajstić information content (AvgIpc) is 2.15. The van der Waals surface area contributed by atoms with E-state index in [2.05, 4.69) is 286 Å². The Morgan fingerprint density at radius 2 is 0.494 bits per heavy atom. The highest BCUT2D eigenvalue weighted by atomic mass is 16.5. The third kappa shape index (κ3) is 14.9. The zero-order valence-corrected chi connectivity index (χ0v) is 51.7. The van der Waals surface area contributed by atoms with E-state index in [-0.39, 0.29) is 67.3 Å². The van der Waals surface area contributed by atoms with Crippen LogP contribution in [-0.2, 0) is 5.41 Å². The molecule has 0 fully saturated rings. The molecule has 0 radical (unpaired) electrons. The normalized spacial score (nSPS) is 14.4. The molecular weight excluding hydrogens is 1070 g/mol. The van der Waals surface area contributed by atoms with Gasteiger partial charge in [0.1, 0.15) is 61.6 Å². The lowest BCUT2D eigenvalue weighted by Crippen LogP contribution is -2.26. The molecule has 10 aromatic carbocycles. The molecule has 0 heterocycles. The van der Waals surface area contributed by atoms with E-state index in [0.717, 1.165) is 44.9 Å². The Bertz CT molecular complexity index is 3340. The number of aliphatic hydroxyl groups is 2. The van der Waals surface area contributed by atoms with Crippen LogP contribution in [0.25, 0.3) is 0 Å². The number of hydrogen-bond acceptors (Lipinski definition) is 6. The number of rotatable bonds is 26. The van der Waals surface area contributed by atoms with Crippen LogP contribution in [0.1, 0.15) is 169 Å². The van der Waals surface area contributed by atoms with Gasteiger partial charge in [-0.1, -0.05) is 286 Å². The summed E-state index contributed by atoms with van der Waals surface area (Å²) >= 11 is 0. The molecule has 0 aromatic heterocycles. The Kier molecular flexibility index (Phi) is 20.2. The third-order valence-corrected chi connectivity index (χ3v) is 17.9. The molecule has 0 aliphatic rings. The first-order chi connectivity index (χ1) is 42.2. The van der Waals surface area contributed by atoms with E-state index in [9.17, 15) is 10.2 Å². The van der Waals surface area contributed by atoms with Crippen LogP contribution in [0.15, 0.2) is 255 Å². The van der Waals surface area contributed by atoms with Crippen molar-refractivity contribution >= 4 is 0 Å². The Morgan fingerprint density at radius 3 is 0.736 bits per heavy atom. The van der Waals surface area contributed by atoms with E-state index >= 15 is 0 Å². The van der Waals surface area contributed by atoms with Crippen LogP contribution in [0, 0.1) is 0 Å². The summed E-state index contributed by atoms with van der Waals surface area (Å²) in [6, 6.07) is 89.0. The molecule has 0 spiro atoms. The van der Waals surface area contributed by atoms with Gasteiger partial charge in [0.2, 0.25) is 0 Å². The van der Waals surface area contributed by atoms with E-state index in [1.165, 1.54) is 44.5 Å². The molecule has 6 heteroatoms. The molecule has 8 unspecified atom stereocenters. The van der Waals surface area contributed by atoms with Gasteiger partial charge in [0.15, 0.2) is 0 Å². The summed E-state index contributed by atoms with van der Waals surface area (Å²) in [4.78, 5) is 0. The first-order valence-corrected chi connectivity index (χ1v) is 31.0. The average molecular weight is 1150 g/mol. The van der Waals surface area contributed by atoms with Crippen LogP contribution < -0.4 is 18.9 Å². The van der Waals surface area contributed by atoms with Gasteiger partial charge in [-0.25, -0.2) is 0 Å². The Hall–Kier alpha value is -8.68. The lowest BCUT2D eigenvalue weighted by atomic mass is 9.78. The van der Waals surface area contributed by atoms with Gasteiger partial charge in [0, 0.05) is 63.2 Å². The van der Waals surface area contributed by atoms with Crippen molar-refractivity contribution in [3.05, 3.63) is 333 Å². The fourth-order valence-electron chi connectivity index (χ4n) is 12.0. The van der Waals surface area contributed by atoms with Crippen LogP contribution >= 0.6 is 0 Å². The highest BCUT2D eigenvalue weighted by Gasteiger charge is 2.29. The number of hydrogen-bond donors (Lipinski definition) is 2. The van der Waals surface area contributed by atoms with Crippen LogP contribution in [0.2, 0.25) is 0 Å². The minimum absolute atomic E-state index is 0.0250. The second kappa shape index (κ2) is 28.7. The largest absolute Gasteiger partial charge is 0.491 e. The molecule has 444 valence electrons. The Labute approximate surface area is 517 Å². The third-order valence-electron chi connectivity index (χ3n) is 17.9. The summed E-state index contributed by atoms with van der Waals surface area (Å²) in [6.07, 6.45) is -1.79. The van der Waals surface area contributed by atoms with Crippen LogP contribution in [0.4, 0.5) is 0 Å². The number of benzene rings is 10. The van der Waals surface area contributed by atoms with E-state index in [1.54, 1.807) is 0 Å². The van der Waals surface area contributed by atoms with Crippen LogP contribution in [0.5, 0.6) is 23.0 Å². The Morgan fingerprint density at radius 1 is 0.276 bits per heavy atom. The van der Waals surface area contributed by atoms with E-state index in [4.69, 9.17) is 18.9 Å². The van der Waals surface area contributed by atoms with E-state index in [1.807, 2.05) is 24.3 Å². The predicted octanol–water partition coefficient (Wildman–Crippen LogP) is 18.6. The molecule has 0 aliphatic carbocycles. The van der Waals surface area contributed by atoms with Gasteiger partial charge in [0.25, 0.3) is 0 Å². The summed E-state index contributed by atoms with van der Waals surface area (Å²) < 4.78 is 26.2. The maximum absolute atomic E-state index is 11.6. The molecule has 0 bridgehead atoms. The van der Waals surface area contributed by atoms with E-state index < -0.39 is 12.2 Å². The Balaban J connectivity index is 0.790. The quantitative estimate of drug-likeness (QED) is 0.0563. The van der Waals surface area contributed by atoms with Gasteiger partial charge in [0.05, 0.1) is 0 Å². The van der Waals surface area contributed by atoms with Crippen molar-refractivity contribution in [1.29, 1.82) is 0 Å². The zero-order chi connectivity index (χ0) is 60.9. The first kappa shape index (κ1) is 61.4. The topological polar surface area (TPSA) is 77.4 Å². The molecule has 2 N–H and O–H groups in total. The van der Waals surface area contributed by atoms with Crippen molar-refractivity contribution in [2.45, 2.75) is 109 Å². The van der Waals surface area contributed by atoms with Crippen molar-refractivity contribution in [2.24, 2.45) is 0 Å². The number of ether oxygens (including phenoxy) is 4. The predicted molar refractivity (Wildman–Crippen MR) is 356 cm³/mol. The molecule has 6 nitrogen and oxygen atoms in total. The highest BCUT2D eigenvalue weighted by molar-refractivity contribution is 5.57. The zero-order valence-electron chi connectivity index (χ0n) is 51.7. The van der Waals surface area contributed by atoms with Gasteiger partial charge < -0.3 is 29.2 Å². The molecule has 0 saturated carbocycles. The summed E-state index contributed by atoms with van der Waals surface area (Å²) in [6.45, 7) is 18.1. The van der Waals surface area contributed by atoms with Crippen LogP contribution in [0.3, 0.4) is 0 Å². The monoisotopic (exact) mass is 1150 g/mol. The second-order valence-corrected chi connectivity index (χ2v) is 24.1. The second-order valence-electron chi connectivity index (χ2n) is 24.1. The molecular formula is C81H84O6.